The van der Waals surface area contributed by atoms with Gasteiger partial charge in [0, 0.05) is 12.4 Å². The van der Waals surface area contributed by atoms with E-state index in [1.54, 1.807) is 0 Å². The standard InChI is InChI=1S/C13H23N3/c1-4-5-6-7-8-13(2,3)11-9-15-12(14)16-10-11/h9-10H,4-8H2,1-3H3,(H2,14,15,16). The lowest BCUT2D eigenvalue weighted by Crippen LogP contribution is -2.18. The van der Waals surface area contributed by atoms with Crippen LogP contribution in [0.15, 0.2) is 12.4 Å². The monoisotopic (exact) mass is 221 g/mol. The molecule has 0 radical (unpaired) electrons. The first-order valence-electron chi connectivity index (χ1n) is 6.14. The van der Waals surface area contributed by atoms with Gasteiger partial charge in [-0.25, -0.2) is 9.97 Å². The van der Waals surface area contributed by atoms with Crippen molar-refractivity contribution in [3.05, 3.63) is 18.0 Å². The quantitative estimate of drug-likeness (QED) is 0.750. The Morgan fingerprint density at radius 3 is 2.31 bits per heavy atom. The van der Waals surface area contributed by atoms with Crippen molar-refractivity contribution < 1.29 is 0 Å². The molecular formula is C13H23N3. The van der Waals surface area contributed by atoms with Crippen LogP contribution in [0, 0.1) is 0 Å². The molecule has 0 aliphatic heterocycles. The summed E-state index contributed by atoms with van der Waals surface area (Å²) in [6.07, 6.45) is 10.1. The third-order valence-corrected chi connectivity index (χ3v) is 3.11. The maximum absolute atomic E-state index is 5.49. The highest BCUT2D eigenvalue weighted by Gasteiger charge is 2.20. The molecule has 0 atom stereocenters. The maximum Gasteiger partial charge on any atom is 0.219 e. The van der Waals surface area contributed by atoms with Gasteiger partial charge in [-0.3, -0.25) is 0 Å². The number of rotatable bonds is 6. The van der Waals surface area contributed by atoms with Gasteiger partial charge < -0.3 is 5.73 Å². The minimum absolute atomic E-state index is 0.154. The van der Waals surface area contributed by atoms with E-state index in [1.165, 1.54) is 37.7 Å². The zero-order valence-corrected chi connectivity index (χ0v) is 10.7. The Kier molecular flexibility index (Phi) is 4.71. The molecule has 0 aromatic carbocycles. The van der Waals surface area contributed by atoms with Gasteiger partial charge in [0.25, 0.3) is 0 Å². The van der Waals surface area contributed by atoms with Crippen LogP contribution < -0.4 is 5.73 Å². The zero-order valence-electron chi connectivity index (χ0n) is 10.7. The highest BCUT2D eigenvalue weighted by molar-refractivity contribution is 5.22. The predicted molar refractivity (Wildman–Crippen MR) is 68.2 cm³/mol. The molecule has 3 nitrogen and oxygen atoms in total. The molecule has 90 valence electrons. The van der Waals surface area contributed by atoms with Crippen molar-refractivity contribution >= 4 is 5.95 Å². The smallest absolute Gasteiger partial charge is 0.219 e. The highest BCUT2D eigenvalue weighted by Crippen LogP contribution is 2.28. The van der Waals surface area contributed by atoms with Crippen molar-refractivity contribution in [2.24, 2.45) is 0 Å². The molecule has 1 heterocycles. The van der Waals surface area contributed by atoms with Crippen LogP contribution in [-0.4, -0.2) is 9.97 Å². The van der Waals surface area contributed by atoms with Crippen LogP contribution in [0.3, 0.4) is 0 Å². The van der Waals surface area contributed by atoms with E-state index in [-0.39, 0.29) is 5.41 Å². The van der Waals surface area contributed by atoms with E-state index in [2.05, 4.69) is 30.7 Å². The third kappa shape index (κ3) is 3.80. The minimum Gasteiger partial charge on any atom is -0.368 e. The summed E-state index contributed by atoms with van der Waals surface area (Å²) in [6, 6.07) is 0. The van der Waals surface area contributed by atoms with E-state index < -0.39 is 0 Å². The zero-order chi connectivity index (χ0) is 12.0. The number of anilines is 1. The summed E-state index contributed by atoms with van der Waals surface area (Å²) in [6.45, 7) is 6.72. The lowest BCUT2D eigenvalue weighted by atomic mass is 9.81. The Bertz CT molecular complexity index is 303. The molecule has 0 aliphatic carbocycles. The van der Waals surface area contributed by atoms with Crippen molar-refractivity contribution in [1.29, 1.82) is 0 Å². The number of nitrogens with zero attached hydrogens (tertiary/aromatic N) is 2. The van der Waals surface area contributed by atoms with E-state index in [4.69, 9.17) is 5.73 Å². The molecule has 0 spiro atoms. The Hall–Kier alpha value is -1.12. The Labute approximate surface area is 98.5 Å². The lowest BCUT2D eigenvalue weighted by molar-refractivity contribution is 0.444. The van der Waals surface area contributed by atoms with Gasteiger partial charge in [0.1, 0.15) is 0 Å². The summed E-state index contributed by atoms with van der Waals surface area (Å²) in [4.78, 5) is 8.11. The van der Waals surface area contributed by atoms with Crippen molar-refractivity contribution in [3.8, 4) is 0 Å². The fourth-order valence-corrected chi connectivity index (χ4v) is 1.83. The molecule has 1 aromatic heterocycles. The van der Waals surface area contributed by atoms with Crippen LogP contribution in [0.25, 0.3) is 0 Å². The Balaban J connectivity index is 2.52. The first-order chi connectivity index (χ1) is 7.56. The highest BCUT2D eigenvalue weighted by atomic mass is 15.0. The number of nitrogens with two attached hydrogens (primary N) is 1. The number of nitrogen functional groups attached to an aromatic ring is 1. The van der Waals surface area contributed by atoms with Crippen LogP contribution in [-0.2, 0) is 5.41 Å². The van der Waals surface area contributed by atoms with Gasteiger partial charge in [-0.2, -0.15) is 0 Å². The number of aromatic nitrogens is 2. The summed E-state index contributed by atoms with van der Waals surface area (Å²) in [5.41, 5.74) is 6.82. The van der Waals surface area contributed by atoms with Crippen LogP contribution in [0.4, 0.5) is 5.95 Å². The topological polar surface area (TPSA) is 51.8 Å². The lowest BCUT2D eigenvalue weighted by Gasteiger charge is -2.24. The van der Waals surface area contributed by atoms with Gasteiger partial charge in [0.15, 0.2) is 0 Å². The second-order valence-corrected chi connectivity index (χ2v) is 5.02. The summed E-state index contributed by atoms with van der Waals surface area (Å²) in [7, 11) is 0. The molecule has 0 unspecified atom stereocenters. The second kappa shape index (κ2) is 5.83. The molecule has 1 aromatic rings. The molecule has 0 aliphatic rings. The van der Waals surface area contributed by atoms with E-state index in [0.29, 0.717) is 5.95 Å². The van der Waals surface area contributed by atoms with Crippen molar-refractivity contribution in [2.45, 2.75) is 58.3 Å². The Morgan fingerprint density at radius 2 is 1.75 bits per heavy atom. The van der Waals surface area contributed by atoms with Gasteiger partial charge in [-0.1, -0.05) is 46.5 Å². The summed E-state index contributed by atoms with van der Waals surface area (Å²) >= 11 is 0. The number of hydrogen-bond acceptors (Lipinski definition) is 3. The van der Waals surface area contributed by atoms with Gasteiger partial charge in [0.2, 0.25) is 5.95 Å². The minimum atomic E-state index is 0.154. The maximum atomic E-state index is 5.49. The van der Waals surface area contributed by atoms with E-state index in [0.717, 1.165) is 0 Å². The molecule has 0 bridgehead atoms. The fraction of sp³-hybridized carbons (Fsp3) is 0.692. The normalized spacial score (nSPS) is 11.7. The summed E-state index contributed by atoms with van der Waals surface area (Å²) < 4.78 is 0. The molecule has 0 saturated heterocycles. The second-order valence-electron chi connectivity index (χ2n) is 5.02. The van der Waals surface area contributed by atoms with Crippen LogP contribution in [0.1, 0.15) is 58.4 Å². The van der Waals surface area contributed by atoms with Crippen LogP contribution in [0.5, 0.6) is 0 Å². The molecule has 16 heavy (non-hydrogen) atoms. The van der Waals surface area contributed by atoms with Crippen molar-refractivity contribution in [1.82, 2.24) is 9.97 Å². The molecule has 3 heteroatoms. The fourth-order valence-electron chi connectivity index (χ4n) is 1.83. The molecule has 2 N–H and O–H groups in total. The molecule has 1 rings (SSSR count). The van der Waals surface area contributed by atoms with Crippen molar-refractivity contribution in [2.75, 3.05) is 5.73 Å². The summed E-state index contributed by atoms with van der Waals surface area (Å²) in [5.74, 6) is 0.352. The molecule has 0 amide bonds. The first kappa shape index (κ1) is 12.9. The average molecular weight is 221 g/mol. The predicted octanol–water partition coefficient (Wildman–Crippen LogP) is 3.31. The average Bonchev–Trinajstić information content (AvgIpc) is 2.25. The van der Waals surface area contributed by atoms with Gasteiger partial charge in [0.05, 0.1) is 0 Å². The van der Waals surface area contributed by atoms with Gasteiger partial charge in [-0.05, 0) is 17.4 Å². The van der Waals surface area contributed by atoms with Crippen molar-refractivity contribution in [3.63, 3.8) is 0 Å². The largest absolute Gasteiger partial charge is 0.368 e. The SMILES string of the molecule is CCCCCCC(C)(C)c1cnc(N)nc1. The van der Waals surface area contributed by atoms with E-state index >= 15 is 0 Å². The molecule has 0 saturated carbocycles. The third-order valence-electron chi connectivity index (χ3n) is 3.11. The Morgan fingerprint density at radius 1 is 1.12 bits per heavy atom. The van der Waals surface area contributed by atoms with Gasteiger partial charge >= 0.3 is 0 Å². The molecule has 0 fully saturated rings. The first-order valence-corrected chi connectivity index (χ1v) is 6.14. The number of unbranched alkanes of at least 4 members (excludes halogenated alkanes) is 3. The molecular weight excluding hydrogens is 198 g/mol. The summed E-state index contributed by atoms with van der Waals surface area (Å²) in [5, 5.41) is 0. The van der Waals surface area contributed by atoms with E-state index in [9.17, 15) is 0 Å². The van der Waals surface area contributed by atoms with Crippen LogP contribution in [0.2, 0.25) is 0 Å². The van der Waals surface area contributed by atoms with Gasteiger partial charge in [-0.15, -0.1) is 0 Å². The van der Waals surface area contributed by atoms with E-state index in [1.807, 2.05) is 12.4 Å². The van der Waals surface area contributed by atoms with Crippen LogP contribution >= 0.6 is 0 Å². The number of hydrogen-bond donors (Lipinski definition) is 1.